The molecule has 1 rings (SSSR count). The highest BCUT2D eigenvalue weighted by Gasteiger charge is 2.21. The quantitative estimate of drug-likeness (QED) is 0.860. The molecular formula is C10H14F2N2O2S. The number of hydrogen-bond acceptors (Lipinski definition) is 3. The number of nitrogens with two attached hydrogens (primary N) is 1. The Labute approximate surface area is 99.1 Å². The summed E-state index contributed by atoms with van der Waals surface area (Å²) >= 11 is 0. The van der Waals surface area contributed by atoms with Crippen molar-refractivity contribution in [2.45, 2.75) is 11.3 Å². The topological polar surface area (TPSA) is 63.4 Å². The van der Waals surface area contributed by atoms with Crippen LogP contribution in [0.2, 0.25) is 0 Å². The monoisotopic (exact) mass is 264 g/mol. The van der Waals surface area contributed by atoms with Crippen molar-refractivity contribution >= 4 is 10.0 Å². The van der Waals surface area contributed by atoms with Gasteiger partial charge in [0.25, 0.3) is 0 Å². The normalized spacial score (nSPS) is 12.1. The van der Waals surface area contributed by atoms with E-state index in [1.54, 1.807) is 0 Å². The Balaban J connectivity index is 3.00. The fourth-order valence-corrected chi connectivity index (χ4v) is 2.47. The first-order valence-corrected chi connectivity index (χ1v) is 6.45. The average molecular weight is 264 g/mol. The smallest absolute Gasteiger partial charge is 0.242 e. The van der Waals surface area contributed by atoms with E-state index in [1.807, 2.05) is 0 Å². The fourth-order valence-electron chi connectivity index (χ4n) is 1.25. The molecule has 0 aromatic heterocycles. The highest BCUT2D eigenvalue weighted by Crippen LogP contribution is 2.17. The maximum Gasteiger partial charge on any atom is 0.242 e. The average Bonchev–Trinajstić information content (AvgIpc) is 2.29. The van der Waals surface area contributed by atoms with Gasteiger partial charge in [0.15, 0.2) is 11.6 Å². The Kier molecular flexibility index (Phi) is 4.55. The van der Waals surface area contributed by atoms with Crippen molar-refractivity contribution in [1.29, 1.82) is 0 Å². The highest BCUT2D eigenvalue weighted by molar-refractivity contribution is 7.89. The molecule has 1 aromatic carbocycles. The molecule has 0 amide bonds. The fraction of sp³-hybridized carbons (Fsp3) is 0.400. The molecule has 0 aliphatic heterocycles. The predicted molar refractivity (Wildman–Crippen MR) is 59.8 cm³/mol. The molecule has 0 saturated carbocycles. The van der Waals surface area contributed by atoms with E-state index in [0.717, 1.165) is 16.4 Å². The number of hydrogen-bond donors (Lipinski definition) is 1. The second kappa shape index (κ2) is 5.52. The molecular weight excluding hydrogens is 250 g/mol. The Morgan fingerprint density at radius 1 is 1.29 bits per heavy atom. The SMILES string of the molecule is CN(CCCN)S(=O)(=O)c1ccc(F)c(F)c1. The van der Waals surface area contributed by atoms with Gasteiger partial charge in [-0.1, -0.05) is 0 Å². The summed E-state index contributed by atoms with van der Waals surface area (Å²) in [6, 6.07) is 2.50. The van der Waals surface area contributed by atoms with Gasteiger partial charge in [-0.15, -0.1) is 0 Å². The second-order valence-electron chi connectivity index (χ2n) is 3.54. The Hall–Kier alpha value is -1.05. The molecule has 0 bridgehead atoms. The lowest BCUT2D eigenvalue weighted by Gasteiger charge is -2.16. The summed E-state index contributed by atoms with van der Waals surface area (Å²) in [6.07, 6.45) is 0.499. The van der Waals surface area contributed by atoms with Gasteiger partial charge in [-0.2, -0.15) is 0 Å². The van der Waals surface area contributed by atoms with Crippen molar-refractivity contribution in [3.8, 4) is 0 Å². The largest absolute Gasteiger partial charge is 0.330 e. The number of halogens is 2. The van der Waals surface area contributed by atoms with Crippen molar-refractivity contribution in [3.63, 3.8) is 0 Å². The van der Waals surface area contributed by atoms with Crippen molar-refractivity contribution in [3.05, 3.63) is 29.8 Å². The van der Waals surface area contributed by atoms with Crippen LogP contribution in [0, 0.1) is 11.6 Å². The second-order valence-corrected chi connectivity index (χ2v) is 5.59. The van der Waals surface area contributed by atoms with Crippen LogP contribution in [0.5, 0.6) is 0 Å². The van der Waals surface area contributed by atoms with Crippen LogP contribution in [0.15, 0.2) is 23.1 Å². The van der Waals surface area contributed by atoms with Gasteiger partial charge >= 0.3 is 0 Å². The van der Waals surface area contributed by atoms with Crippen LogP contribution in [-0.4, -0.2) is 32.9 Å². The Morgan fingerprint density at radius 2 is 1.94 bits per heavy atom. The first kappa shape index (κ1) is 14.0. The molecule has 0 radical (unpaired) electrons. The van der Waals surface area contributed by atoms with E-state index in [4.69, 9.17) is 5.73 Å². The third kappa shape index (κ3) is 3.21. The van der Waals surface area contributed by atoms with E-state index in [1.165, 1.54) is 7.05 Å². The standard InChI is InChI=1S/C10H14F2N2O2S/c1-14(6-2-5-13)17(15,16)8-3-4-9(11)10(12)7-8/h3-4,7H,2,5-6,13H2,1H3. The molecule has 0 atom stereocenters. The van der Waals surface area contributed by atoms with Crippen LogP contribution >= 0.6 is 0 Å². The molecule has 0 spiro atoms. The van der Waals surface area contributed by atoms with E-state index in [9.17, 15) is 17.2 Å². The molecule has 0 aliphatic carbocycles. The molecule has 4 nitrogen and oxygen atoms in total. The van der Waals surface area contributed by atoms with Crippen LogP contribution in [0.4, 0.5) is 8.78 Å². The van der Waals surface area contributed by atoms with Gasteiger partial charge in [0, 0.05) is 13.6 Å². The van der Waals surface area contributed by atoms with Crippen LogP contribution in [0.25, 0.3) is 0 Å². The molecule has 0 unspecified atom stereocenters. The van der Waals surface area contributed by atoms with E-state index in [0.29, 0.717) is 19.0 Å². The minimum atomic E-state index is -3.78. The molecule has 0 aliphatic rings. The summed E-state index contributed by atoms with van der Waals surface area (Å²) < 4.78 is 50.5. The van der Waals surface area contributed by atoms with Gasteiger partial charge in [0.05, 0.1) is 4.90 Å². The van der Waals surface area contributed by atoms with E-state index in [-0.39, 0.29) is 11.4 Å². The van der Waals surface area contributed by atoms with Gasteiger partial charge in [0.1, 0.15) is 0 Å². The summed E-state index contributed by atoms with van der Waals surface area (Å²) in [4.78, 5) is -0.268. The highest BCUT2D eigenvalue weighted by atomic mass is 32.2. The maximum absolute atomic E-state index is 12.9. The maximum atomic E-state index is 12.9. The summed E-state index contributed by atoms with van der Waals surface area (Å²) in [5, 5.41) is 0. The van der Waals surface area contributed by atoms with Gasteiger partial charge in [-0.3, -0.25) is 0 Å². The first-order chi connectivity index (χ1) is 7.89. The number of rotatable bonds is 5. The minimum absolute atomic E-state index is 0.234. The van der Waals surface area contributed by atoms with Gasteiger partial charge < -0.3 is 5.73 Å². The van der Waals surface area contributed by atoms with E-state index in [2.05, 4.69) is 0 Å². The summed E-state index contributed by atoms with van der Waals surface area (Å²) in [5.41, 5.74) is 5.27. The number of nitrogens with zero attached hydrogens (tertiary/aromatic N) is 1. The van der Waals surface area contributed by atoms with Gasteiger partial charge in [-0.25, -0.2) is 21.5 Å². The minimum Gasteiger partial charge on any atom is -0.330 e. The molecule has 1 aromatic rings. The molecule has 0 saturated heterocycles. The lowest BCUT2D eigenvalue weighted by Crippen LogP contribution is -2.29. The summed E-state index contributed by atoms with van der Waals surface area (Å²) in [5.74, 6) is -2.26. The third-order valence-corrected chi connectivity index (χ3v) is 4.13. The molecule has 0 heterocycles. The lowest BCUT2D eigenvalue weighted by atomic mass is 10.3. The van der Waals surface area contributed by atoms with Crippen LogP contribution in [0.3, 0.4) is 0 Å². The van der Waals surface area contributed by atoms with E-state index < -0.39 is 21.7 Å². The molecule has 2 N–H and O–H groups in total. The van der Waals surface area contributed by atoms with Crippen LogP contribution in [0.1, 0.15) is 6.42 Å². The van der Waals surface area contributed by atoms with Gasteiger partial charge in [-0.05, 0) is 31.2 Å². The molecule has 96 valence electrons. The third-order valence-electron chi connectivity index (χ3n) is 2.28. The Morgan fingerprint density at radius 3 is 2.47 bits per heavy atom. The van der Waals surface area contributed by atoms with Crippen LogP contribution < -0.4 is 5.73 Å². The van der Waals surface area contributed by atoms with Gasteiger partial charge in [0.2, 0.25) is 10.0 Å². The zero-order valence-corrected chi connectivity index (χ0v) is 10.2. The Bertz CT molecular complexity index is 491. The van der Waals surface area contributed by atoms with Crippen LogP contribution in [-0.2, 0) is 10.0 Å². The first-order valence-electron chi connectivity index (χ1n) is 5.01. The van der Waals surface area contributed by atoms with Crippen molar-refractivity contribution < 1.29 is 17.2 Å². The predicted octanol–water partition coefficient (Wildman–Crippen LogP) is 0.934. The molecule has 0 fully saturated rings. The van der Waals surface area contributed by atoms with Crippen molar-refractivity contribution in [2.24, 2.45) is 5.73 Å². The number of sulfonamides is 1. The van der Waals surface area contributed by atoms with E-state index >= 15 is 0 Å². The summed E-state index contributed by atoms with van der Waals surface area (Å²) in [6.45, 7) is 0.593. The van der Waals surface area contributed by atoms with Crippen molar-refractivity contribution in [1.82, 2.24) is 4.31 Å². The zero-order valence-electron chi connectivity index (χ0n) is 9.36. The molecule has 17 heavy (non-hydrogen) atoms. The zero-order chi connectivity index (χ0) is 13.1. The number of benzene rings is 1. The molecule has 7 heteroatoms. The lowest BCUT2D eigenvalue weighted by molar-refractivity contribution is 0.461. The summed E-state index contributed by atoms with van der Waals surface area (Å²) in [7, 11) is -2.41. The van der Waals surface area contributed by atoms with Crippen molar-refractivity contribution in [2.75, 3.05) is 20.1 Å².